The van der Waals surface area contributed by atoms with E-state index in [9.17, 15) is 0 Å². The molecule has 1 heterocycles. The summed E-state index contributed by atoms with van der Waals surface area (Å²) in [6.45, 7) is 3.73. The maximum atomic E-state index is 6.12. The Hall–Kier alpha value is -1.10. The molecule has 0 saturated carbocycles. The summed E-state index contributed by atoms with van der Waals surface area (Å²) in [5, 5.41) is 0.820. The molecule has 0 bridgehead atoms. The smallest absolute Gasteiger partial charge is 0.321 e. The fourth-order valence-corrected chi connectivity index (χ4v) is 1.93. The lowest BCUT2D eigenvalue weighted by Crippen LogP contribution is -2.09. The summed E-state index contributed by atoms with van der Waals surface area (Å²) in [6, 6.07) is 5.34. The Morgan fingerprint density at radius 2 is 1.79 bits per heavy atom. The van der Waals surface area contributed by atoms with E-state index in [1.165, 1.54) is 0 Å². The summed E-state index contributed by atoms with van der Waals surface area (Å²) in [5.41, 5.74) is 0.576. The normalized spacial score (nSPS) is 10.8. The first-order valence-electron chi connectivity index (χ1n) is 5.50. The topological polar surface area (TPSA) is 47.9 Å². The summed E-state index contributed by atoms with van der Waals surface area (Å²) in [7, 11) is 0. The van der Waals surface area contributed by atoms with E-state index in [1.54, 1.807) is 18.2 Å². The standard InChI is InChI=1S/C12H10Cl3N3O/c1-6(2)19-12-17-10(16-11(15)18-12)7-4-3-5-8(13)9(7)14/h3-6H,1-2H3. The molecule has 4 nitrogen and oxygen atoms in total. The van der Waals surface area contributed by atoms with Gasteiger partial charge < -0.3 is 4.74 Å². The van der Waals surface area contributed by atoms with Crippen LogP contribution in [-0.4, -0.2) is 21.1 Å². The fourth-order valence-electron chi connectivity index (χ4n) is 1.39. The number of nitrogens with zero attached hydrogens (tertiary/aromatic N) is 3. The summed E-state index contributed by atoms with van der Waals surface area (Å²) < 4.78 is 5.40. The molecule has 0 aliphatic carbocycles. The minimum atomic E-state index is -0.0684. The van der Waals surface area contributed by atoms with Gasteiger partial charge in [-0.05, 0) is 37.6 Å². The summed E-state index contributed by atoms with van der Waals surface area (Å²) in [4.78, 5) is 12.1. The Balaban J connectivity index is 2.50. The second-order valence-electron chi connectivity index (χ2n) is 3.98. The van der Waals surface area contributed by atoms with Crippen LogP contribution in [0.4, 0.5) is 0 Å². The average Bonchev–Trinajstić information content (AvgIpc) is 2.31. The lowest BCUT2D eigenvalue weighted by Gasteiger charge is -2.09. The average molecular weight is 319 g/mol. The van der Waals surface area contributed by atoms with Gasteiger partial charge in [-0.3, -0.25) is 0 Å². The predicted octanol–water partition coefficient (Wildman–Crippen LogP) is 4.29. The molecule has 0 N–H and O–H groups in total. The van der Waals surface area contributed by atoms with Crippen LogP contribution < -0.4 is 4.74 Å². The minimum Gasteiger partial charge on any atom is -0.461 e. The van der Waals surface area contributed by atoms with E-state index in [1.807, 2.05) is 13.8 Å². The Kier molecular flexibility index (Phi) is 4.45. The minimum absolute atomic E-state index is 0.0386. The summed E-state index contributed by atoms with van der Waals surface area (Å²) >= 11 is 17.9. The Morgan fingerprint density at radius 1 is 1.05 bits per heavy atom. The van der Waals surface area contributed by atoms with Gasteiger partial charge >= 0.3 is 6.01 Å². The number of halogens is 3. The van der Waals surface area contributed by atoms with Crippen LogP contribution in [0.3, 0.4) is 0 Å². The number of hydrogen-bond donors (Lipinski definition) is 0. The van der Waals surface area contributed by atoms with E-state index >= 15 is 0 Å². The Bertz CT molecular complexity index is 605. The summed E-state index contributed by atoms with van der Waals surface area (Å²) in [5.74, 6) is 0.322. The lowest BCUT2D eigenvalue weighted by atomic mass is 10.2. The highest BCUT2D eigenvalue weighted by Gasteiger charge is 2.13. The monoisotopic (exact) mass is 317 g/mol. The molecule has 0 fully saturated rings. The number of ether oxygens (including phenoxy) is 1. The molecule has 0 atom stereocenters. The zero-order valence-electron chi connectivity index (χ0n) is 10.2. The molecule has 0 aliphatic heterocycles. The van der Waals surface area contributed by atoms with Gasteiger partial charge in [0.05, 0.1) is 16.1 Å². The van der Waals surface area contributed by atoms with Crippen molar-refractivity contribution in [3.05, 3.63) is 33.5 Å². The molecule has 0 amide bonds. The quantitative estimate of drug-likeness (QED) is 0.847. The van der Waals surface area contributed by atoms with Crippen LogP contribution in [-0.2, 0) is 0 Å². The third-order valence-electron chi connectivity index (χ3n) is 2.12. The van der Waals surface area contributed by atoms with Crippen molar-refractivity contribution in [1.82, 2.24) is 15.0 Å². The molecule has 1 aromatic carbocycles. The van der Waals surface area contributed by atoms with Crippen molar-refractivity contribution in [3.8, 4) is 17.4 Å². The van der Waals surface area contributed by atoms with Crippen molar-refractivity contribution >= 4 is 34.8 Å². The maximum absolute atomic E-state index is 6.12. The number of benzene rings is 1. The first-order chi connectivity index (χ1) is 8.97. The van der Waals surface area contributed by atoms with Crippen LogP contribution in [0.15, 0.2) is 18.2 Å². The highest BCUT2D eigenvalue weighted by atomic mass is 35.5. The van der Waals surface area contributed by atoms with Crippen LogP contribution in [0, 0.1) is 0 Å². The van der Waals surface area contributed by atoms with Crippen molar-refractivity contribution in [2.24, 2.45) is 0 Å². The van der Waals surface area contributed by atoms with Gasteiger partial charge in [0.1, 0.15) is 0 Å². The predicted molar refractivity (Wildman–Crippen MR) is 76.1 cm³/mol. The molecule has 19 heavy (non-hydrogen) atoms. The van der Waals surface area contributed by atoms with Crippen LogP contribution >= 0.6 is 34.8 Å². The van der Waals surface area contributed by atoms with E-state index in [2.05, 4.69) is 15.0 Å². The molecule has 2 rings (SSSR count). The van der Waals surface area contributed by atoms with Gasteiger partial charge in [-0.2, -0.15) is 15.0 Å². The number of rotatable bonds is 3. The zero-order valence-corrected chi connectivity index (χ0v) is 12.5. The van der Waals surface area contributed by atoms with Gasteiger partial charge in [0.25, 0.3) is 0 Å². The first kappa shape index (κ1) is 14.3. The molecular weight excluding hydrogens is 309 g/mol. The van der Waals surface area contributed by atoms with E-state index in [-0.39, 0.29) is 17.4 Å². The van der Waals surface area contributed by atoms with E-state index < -0.39 is 0 Å². The Labute approximate surface area is 125 Å². The van der Waals surface area contributed by atoms with Crippen molar-refractivity contribution in [3.63, 3.8) is 0 Å². The van der Waals surface area contributed by atoms with Crippen LogP contribution in [0.2, 0.25) is 15.3 Å². The second kappa shape index (κ2) is 5.90. The third kappa shape index (κ3) is 3.47. The fraction of sp³-hybridized carbons (Fsp3) is 0.250. The SMILES string of the molecule is CC(C)Oc1nc(Cl)nc(-c2cccc(Cl)c2Cl)n1. The van der Waals surface area contributed by atoms with Gasteiger partial charge in [-0.1, -0.05) is 29.3 Å². The van der Waals surface area contributed by atoms with Crippen LogP contribution in [0.1, 0.15) is 13.8 Å². The molecule has 0 aliphatic rings. The number of aromatic nitrogens is 3. The van der Waals surface area contributed by atoms with Crippen molar-refractivity contribution in [1.29, 1.82) is 0 Å². The van der Waals surface area contributed by atoms with Gasteiger partial charge in [0.15, 0.2) is 5.82 Å². The lowest BCUT2D eigenvalue weighted by molar-refractivity contribution is 0.222. The Morgan fingerprint density at radius 3 is 2.47 bits per heavy atom. The van der Waals surface area contributed by atoms with E-state index in [0.717, 1.165) is 0 Å². The maximum Gasteiger partial charge on any atom is 0.321 e. The molecule has 0 radical (unpaired) electrons. The molecule has 2 aromatic rings. The molecular formula is C12H10Cl3N3O. The van der Waals surface area contributed by atoms with Gasteiger partial charge in [0, 0.05) is 5.56 Å². The summed E-state index contributed by atoms with van der Waals surface area (Å²) in [6.07, 6.45) is -0.0684. The molecule has 7 heteroatoms. The molecule has 1 aromatic heterocycles. The zero-order chi connectivity index (χ0) is 14.0. The van der Waals surface area contributed by atoms with Crippen molar-refractivity contribution < 1.29 is 4.74 Å². The third-order valence-corrected chi connectivity index (χ3v) is 3.11. The molecule has 0 saturated heterocycles. The van der Waals surface area contributed by atoms with Gasteiger partial charge in [-0.15, -0.1) is 0 Å². The molecule has 0 unspecified atom stereocenters. The van der Waals surface area contributed by atoms with Crippen molar-refractivity contribution in [2.45, 2.75) is 20.0 Å². The van der Waals surface area contributed by atoms with Gasteiger partial charge in [-0.25, -0.2) is 0 Å². The largest absolute Gasteiger partial charge is 0.461 e. The second-order valence-corrected chi connectivity index (χ2v) is 5.10. The highest BCUT2D eigenvalue weighted by Crippen LogP contribution is 2.32. The van der Waals surface area contributed by atoms with Crippen LogP contribution in [0.5, 0.6) is 6.01 Å². The number of hydrogen-bond acceptors (Lipinski definition) is 4. The highest BCUT2D eigenvalue weighted by molar-refractivity contribution is 6.43. The van der Waals surface area contributed by atoms with Crippen LogP contribution in [0.25, 0.3) is 11.4 Å². The molecule has 0 spiro atoms. The van der Waals surface area contributed by atoms with E-state index in [0.29, 0.717) is 21.4 Å². The van der Waals surface area contributed by atoms with E-state index in [4.69, 9.17) is 39.5 Å². The van der Waals surface area contributed by atoms with Gasteiger partial charge in [0.2, 0.25) is 5.28 Å². The first-order valence-corrected chi connectivity index (χ1v) is 6.63. The van der Waals surface area contributed by atoms with Crippen molar-refractivity contribution in [2.75, 3.05) is 0 Å². The molecule has 100 valence electrons.